The van der Waals surface area contributed by atoms with E-state index in [0.717, 1.165) is 35.9 Å². The van der Waals surface area contributed by atoms with Gasteiger partial charge in [-0.3, -0.25) is 4.90 Å². The second-order valence-electron chi connectivity index (χ2n) is 5.29. The molecule has 0 aliphatic carbocycles. The van der Waals surface area contributed by atoms with Gasteiger partial charge in [0, 0.05) is 18.7 Å². The van der Waals surface area contributed by atoms with Crippen LogP contribution in [0, 0.1) is 0 Å². The second-order valence-corrected chi connectivity index (χ2v) is 5.29. The second kappa shape index (κ2) is 7.52. The van der Waals surface area contributed by atoms with Gasteiger partial charge in [-0.25, -0.2) is 0 Å². The van der Waals surface area contributed by atoms with Gasteiger partial charge in [0.2, 0.25) is 0 Å². The fourth-order valence-corrected chi connectivity index (χ4v) is 3.04. The summed E-state index contributed by atoms with van der Waals surface area (Å²) in [6.45, 7) is 2.68. The number of nitrogens with zero attached hydrogens (tertiary/aromatic N) is 1. The van der Waals surface area contributed by atoms with Crippen LogP contribution >= 0.6 is 0 Å². The molecule has 5 heteroatoms. The summed E-state index contributed by atoms with van der Waals surface area (Å²) in [5, 5.41) is 0. The zero-order valence-electron chi connectivity index (χ0n) is 13.2. The highest BCUT2D eigenvalue weighted by Crippen LogP contribution is 2.40. The average Bonchev–Trinajstić information content (AvgIpc) is 2.56. The lowest BCUT2D eigenvalue weighted by Gasteiger charge is -2.35. The van der Waals surface area contributed by atoms with Crippen molar-refractivity contribution in [3.05, 3.63) is 17.7 Å². The first kappa shape index (κ1) is 15.9. The van der Waals surface area contributed by atoms with Crippen LogP contribution in [0.2, 0.25) is 0 Å². The number of ether oxygens (including phenoxy) is 3. The van der Waals surface area contributed by atoms with E-state index in [4.69, 9.17) is 19.9 Å². The Hall–Kier alpha value is -1.46. The van der Waals surface area contributed by atoms with Gasteiger partial charge in [0.25, 0.3) is 0 Å². The quantitative estimate of drug-likeness (QED) is 0.871. The third-order valence-electron chi connectivity index (χ3n) is 4.14. The molecule has 0 spiro atoms. The topological polar surface area (TPSA) is 57.0 Å². The van der Waals surface area contributed by atoms with Crippen LogP contribution in [0.25, 0.3) is 0 Å². The monoisotopic (exact) mass is 294 g/mol. The minimum absolute atomic E-state index is 0.112. The van der Waals surface area contributed by atoms with Crippen molar-refractivity contribution in [2.24, 2.45) is 5.73 Å². The van der Waals surface area contributed by atoms with Crippen molar-refractivity contribution in [2.75, 3.05) is 41.0 Å². The molecular weight excluding hydrogens is 268 g/mol. The summed E-state index contributed by atoms with van der Waals surface area (Å²) in [4.78, 5) is 2.43. The maximum absolute atomic E-state index is 6.07. The Morgan fingerprint density at radius 2 is 1.57 bits per heavy atom. The van der Waals surface area contributed by atoms with E-state index in [9.17, 15) is 0 Å². The van der Waals surface area contributed by atoms with Gasteiger partial charge in [-0.2, -0.15) is 0 Å². The molecule has 0 amide bonds. The molecule has 1 aliphatic heterocycles. The molecule has 0 unspecified atom stereocenters. The number of benzene rings is 1. The van der Waals surface area contributed by atoms with Crippen LogP contribution < -0.4 is 19.9 Å². The van der Waals surface area contributed by atoms with Crippen LogP contribution in [0.3, 0.4) is 0 Å². The van der Waals surface area contributed by atoms with Gasteiger partial charge in [0.1, 0.15) is 17.2 Å². The van der Waals surface area contributed by atoms with Gasteiger partial charge in [0.05, 0.1) is 32.9 Å². The Morgan fingerprint density at radius 3 is 2.00 bits per heavy atom. The largest absolute Gasteiger partial charge is 0.496 e. The van der Waals surface area contributed by atoms with E-state index in [1.54, 1.807) is 21.3 Å². The molecule has 0 bridgehead atoms. The predicted octanol–water partition coefficient (Wildman–Crippen LogP) is 2.20. The van der Waals surface area contributed by atoms with Crippen LogP contribution in [0.5, 0.6) is 17.2 Å². The highest BCUT2D eigenvalue weighted by atomic mass is 16.5. The molecule has 1 aromatic rings. The minimum atomic E-state index is 0.112. The highest BCUT2D eigenvalue weighted by molar-refractivity contribution is 5.52. The first-order chi connectivity index (χ1) is 10.2. The lowest BCUT2D eigenvalue weighted by atomic mass is 9.99. The zero-order valence-corrected chi connectivity index (χ0v) is 13.2. The Kier molecular flexibility index (Phi) is 5.70. The van der Waals surface area contributed by atoms with Gasteiger partial charge in [-0.1, -0.05) is 6.42 Å². The lowest BCUT2D eigenvalue weighted by Crippen LogP contribution is -2.37. The van der Waals surface area contributed by atoms with Crippen LogP contribution in [0.1, 0.15) is 30.9 Å². The van der Waals surface area contributed by atoms with E-state index in [0.29, 0.717) is 6.54 Å². The van der Waals surface area contributed by atoms with Crippen LogP contribution in [0.4, 0.5) is 0 Å². The smallest absolute Gasteiger partial charge is 0.131 e. The normalized spacial score (nSPS) is 17.3. The van der Waals surface area contributed by atoms with Gasteiger partial charge >= 0.3 is 0 Å². The van der Waals surface area contributed by atoms with Crippen LogP contribution in [-0.2, 0) is 0 Å². The Labute approximate surface area is 127 Å². The maximum Gasteiger partial charge on any atom is 0.131 e. The van der Waals surface area contributed by atoms with Crippen molar-refractivity contribution in [2.45, 2.75) is 25.3 Å². The van der Waals surface area contributed by atoms with Gasteiger partial charge in [0.15, 0.2) is 0 Å². The Balaban J connectivity index is 2.42. The molecule has 0 radical (unpaired) electrons. The number of hydrogen-bond acceptors (Lipinski definition) is 5. The minimum Gasteiger partial charge on any atom is -0.496 e. The number of piperidine rings is 1. The number of methoxy groups -OCH3 is 3. The Morgan fingerprint density at radius 1 is 1.00 bits per heavy atom. The van der Waals surface area contributed by atoms with E-state index in [1.165, 1.54) is 19.3 Å². The molecule has 1 saturated heterocycles. The molecule has 2 N–H and O–H groups in total. The summed E-state index contributed by atoms with van der Waals surface area (Å²) in [7, 11) is 4.97. The third-order valence-corrected chi connectivity index (χ3v) is 4.14. The van der Waals surface area contributed by atoms with E-state index in [-0.39, 0.29) is 6.04 Å². The molecule has 118 valence electrons. The van der Waals surface area contributed by atoms with E-state index >= 15 is 0 Å². The van der Waals surface area contributed by atoms with Crippen molar-refractivity contribution in [3.63, 3.8) is 0 Å². The lowest BCUT2D eigenvalue weighted by molar-refractivity contribution is 0.162. The molecule has 5 nitrogen and oxygen atoms in total. The summed E-state index contributed by atoms with van der Waals surface area (Å²) in [5.74, 6) is 2.27. The summed E-state index contributed by atoms with van der Waals surface area (Å²) in [6, 6.07) is 3.90. The molecule has 1 aromatic carbocycles. The molecule has 1 fully saturated rings. The van der Waals surface area contributed by atoms with Crippen LogP contribution in [-0.4, -0.2) is 45.9 Å². The van der Waals surface area contributed by atoms with Gasteiger partial charge < -0.3 is 19.9 Å². The first-order valence-electron chi connectivity index (χ1n) is 7.49. The number of hydrogen-bond donors (Lipinski definition) is 1. The van der Waals surface area contributed by atoms with E-state index in [1.807, 2.05) is 12.1 Å². The fourth-order valence-electron chi connectivity index (χ4n) is 3.04. The number of rotatable bonds is 6. The highest BCUT2D eigenvalue weighted by Gasteiger charge is 2.27. The van der Waals surface area contributed by atoms with Gasteiger partial charge in [-0.05, 0) is 25.9 Å². The predicted molar refractivity (Wildman–Crippen MR) is 83.3 cm³/mol. The molecule has 1 heterocycles. The third kappa shape index (κ3) is 3.41. The Bertz CT molecular complexity index is 434. The fraction of sp³-hybridized carbons (Fsp3) is 0.625. The number of likely N-dealkylation sites (tertiary alicyclic amines) is 1. The average molecular weight is 294 g/mol. The van der Waals surface area contributed by atoms with Gasteiger partial charge in [-0.15, -0.1) is 0 Å². The summed E-state index contributed by atoms with van der Waals surface area (Å²) >= 11 is 0. The van der Waals surface area contributed by atoms with Crippen LogP contribution in [0.15, 0.2) is 12.1 Å². The molecule has 0 aromatic heterocycles. The van der Waals surface area contributed by atoms with Crippen molar-refractivity contribution >= 4 is 0 Å². The molecule has 1 atom stereocenters. The first-order valence-corrected chi connectivity index (χ1v) is 7.49. The summed E-state index contributed by atoms with van der Waals surface area (Å²) in [6.07, 6.45) is 3.74. The zero-order chi connectivity index (χ0) is 15.2. The van der Waals surface area contributed by atoms with Crippen molar-refractivity contribution in [1.82, 2.24) is 4.90 Å². The molecule has 2 rings (SSSR count). The number of nitrogens with two attached hydrogens (primary N) is 1. The van der Waals surface area contributed by atoms with Crippen molar-refractivity contribution in [1.29, 1.82) is 0 Å². The van der Waals surface area contributed by atoms with E-state index in [2.05, 4.69) is 4.90 Å². The summed E-state index contributed by atoms with van der Waals surface area (Å²) in [5.41, 5.74) is 7.09. The molecule has 1 aliphatic rings. The standard InChI is InChI=1S/C16H26N2O3/c1-19-12-9-14(20-2)16(15(10-12)21-3)13(11-17)18-7-5-4-6-8-18/h9-10,13H,4-8,11,17H2,1-3H3/t13-/m1/s1. The molecular formula is C16H26N2O3. The van der Waals surface area contributed by atoms with Crippen molar-refractivity contribution < 1.29 is 14.2 Å². The maximum atomic E-state index is 6.07. The van der Waals surface area contributed by atoms with E-state index < -0.39 is 0 Å². The molecule has 0 saturated carbocycles. The SMILES string of the molecule is COc1cc(OC)c([C@@H](CN)N2CCCCC2)c(OC)c1. The summed E-state index contributed by atoms with van der Waals surface area (Å²) < 4.78 is 16.4. The van der Waals surface area contributed by atoms with Crippen molar-refractivity contribution in [3.8, 4) is 17.2 Å². The molecule has 21 heavy (non-hydrogen) atoms.